The number of benzene rings is 1. The fraction of sp³-hybridized carbons (Fsp3) is 0.333. The molecule has 0 bridgehead atoms. The van der Waals surface area contributed by atoms with Crippen molar-refractivity contribution in [3.05, 3.63) is 65.2 Å². The van der Waals surface area contributed by atoms with Crippen LogP contribution in [0.1, 0.15) is 29.6 Å². The van der Waals surface area contributed by atoms with Crippen LogP contribution in [0.5, 0.6) is 0 Å². The van der Waals surface area contributed by atoms with Crippen LogP contribution in [0.25, 0.3) is 11.3 Å². The Labute approximate surface area is 158 Å². The highest BCUT2D eigenvalue weighted by Gasteiger charge is 2.19. The van der Waals surface area contributed by atoms with Crippen LogP contribution >= 0.6 is 0 Å². The molecule has 0 fully saturated rings. The molecular weight excluding hydrogens is 340 g/mol. The summed E-state index contributed by atoms with van der Waals surface area (Å²) in [4.78, 5) is 13.5. The van der Waals surface area contributed by atoms with Gasteiger partial charge in [-0.15, -0.1) is 0 Å². The molecule has 4 rings (SSSR count). The molecule has 1 amide bonds. The molecule has 1 aromatic carbocycles. The summed E-state index contributed by atoms with van der Waals surface area (Å²) in [6.07, 6.45) is 0. The van der Waals surface area contributed by atoms with Gasteiger partial charge in [-0.05, 0) is 36.8 Å². The first kappa shape index (κ1) is 17.5. The van der Waals surface area contributed by atoms with Gasteiger partial charge >= 0.3 is 0 Å². The van der Waals surface area contributed by atoms with E-state index >= 15 is 0 Å². The highest BCUT2D eigenvalue weighted by Crippen LogP contribution is 2.24. The molecular formula is C21H24N4O2. The maximum Gasteiger partial charge on any atom is 0.217 e. The highest BCUT2D eigenvalue weighted by molar-refractivity contribution is 5.72. The molecule has 2 aromatic heterocycles. The largest absolute Gasteiger partial charge is 0.461 e. The first-order valence-electron chi connectivity index (χ1n) is 9.25. The van der Waals surface area contributed by atoms with Gasteiger partial charge in [0.05, 0.1) is 24.5 Å². The SMILES string of the molecule is CC(=O)NCc1cc2n(n1)CCN(Cc1cccc(-c3ccc(C)o3)c1)C2. The van der Waals surface area contributed by atoms with Crippen molar-refractivity contribution >= 4 is 5.91 Å². The van der Waals surface area contributed by atoms with Gasteiger partial charge < -0.3 is 9.73 Å². The zero-order valence-corrected chi connectivity index (χ0v) is 15.7. The molecule has 27 heavy (non-hydrogen) atoms. The van der Waals surface area contributed by atoms with Crippen LogP contribution < -0.4 is 5.32 Å². The molecule has 1 aliphatic rings. The monoisotopic (exact) mass is 364 g/mol. The van der Waals surface area contributed by atoms with E-state index in [1.165, 1.54) is 18.2 Å². The van der Waals surface area contributed by atoms with Gasteiger partial charge in [0.25, 0.3) is 0 Å². The number of rotatable bonds is 5. The summed E-state index contributed by atoms with van der Waals surface area (Å²) in [5.41, 5.74) is 4.49. The predicted octanol–water partition coefficient (Wildman–Crippen LogP) is 3.10. The second-order valence-corrected chi connectivity index (χ2v) is 7.08. The fourth-order valence-corrected chi connectivity index (χ4v) is 3.49. The molecule has 0 aliphatic carbocycles. The Balaban J connectivity index is 1.43. The van der Waals surface area contributed by atoms with Gasteiger partial charge in [0.15, 0.2) is 0 Å². The number of carbonyl (C=O) groups excluding carboxylic acids is 1. The molecule has 0 atom stereocenters. The minimum atomic E-state index is -0.0331. The third-order valence-electron chi connectivity index (χ3n) is 4.80. The first-order chi connectivity index (χ1) is 13.1. The second kappa shape index (κ2) is 7.40. The van der Waals surface area contributed by atoms with Gasteiger partial charge in [-0.25, -0.2) is 0 Å². The van der Waals surface area contributed by atoms with Gasteiger partial charge in [0, 0.05) is 32.1 Å². The Kier molecular flexibility index (Phi) is 4.81. The molecule has 3 heterocycles. The summed E-state index contributed by atoms with van der Waals surface area (Å²) in [7, 11) is 0. The molecule has 0 spiro atoms. The van der Waals surface area contributed by atoms with Gasteiger partial charge in [-0.2, -0.15) is 5.10 Å². The number of carbonyl (C=O) groups is 1. The normalized spacial score (nSPS) is 14.1. The smallest absolute Gasteiger partial charge is 0.217 e. The van der Waals surface area contributed by atoms with Gasteiger partial charge in [-0.3, -0.25) is 14.4 Å². The summed E-state index contributed by atoms with van der Waals surface area (Å²) in [5, 5.41) is 7.39. The molecule has 6 nitrogen and oxygen atoms in total. The van der Waals surface area contributed by atoms with Crippen molar-refractivity contribution in [3.63, 3.8) is 0 Å². The average Bonchev–Trinajstić information content (AvgIpc) is 3.26. The number of amides is 1. The van der Waals surface area contributed by atoms with E-state index in [2.05, 4.69) is 50.3 Å². The lowest BCUT2D eigenvalue weighted by Crippen LogP contribution is -2.33. The third-order valence-corrected chi connectivity index (χ3v) is 4.80. The van der Waals surface area contributed by atoms with Crippen LogP contribution in [0.2, 0.25) is 0 Å². The minimum Gasteiger partial charge on any atom is -0.461 e. The van der Waals surface area contributed by atoms with Crippen molar-refractivity contribution < 1.29 is 9.21 Å². The lowest BCUT2D eigenvalue weighted by Gasteiger charge is -2.27. The number of hydrogen-bond acceptors (Lipinski definition) is 4. The van der Waals surface area contributed by atoms with Gasteiger partial charge in [0.1, 0.15) is 11.5 Å². The maximum atomic E-state index is 11.1. The van der Waals surface area contributed by atoms with Crippen LogP contribution in [-0.2, 0) is 31.0 Å². The summed E-state index contributed by atoms with van der Waals surface area (Å²) in [6, 6.07) is 14.6. The van der Waals surface area contributed by atoms with E-state index in [-0.39, 0.29) is 5.91 Å². The average molecular weight is 364 g/mol. The van der Waals surface area contributed by atoms with E-state index in [4.69, 9.17) is 4.42 Å². The number of nitrogens with one attached hydrogen (secondary N) is 1. The molecule has 0 saturated carbocycles. The Morgan fingerprint density at radius 3 is 2.89 bits per heavy atom. The van der Waals surface area contributed by atoms with Crippen molar-refractivity contribution in [2.24, 2.45) is 0 Å². The van der Waals surface area contributed by atoms with Crippen LogP contribution in [0.15, 0.2) is 46.9 Å². The van der Waals surface area contributed by atoms with Gasteiger partial charge in [0.2, 0.25) is 5.91 Å². The lowest BCUT2D eigenvalue weighted by atomic mass is 10.1. The molecule has 0 unspecified atom stereocenters. The van der Waals surface area contributed by atoms with E-state index in [1.807, 2.05) is 19.1 Å². The van der Waals surface area contributed by atoms with Crippen molar-refractivity contribution in [3.8, 4) is 11.3 Å². The Morgan fingerprint density at radius 2 is 2.11 bits per heavy atom. The maximum absolute atomic E-state index is 11.1. The number of aryl methyl sites for hydroxylation is 1. The van der Waals surface area contributed by atoms with Crippen molar-refractivity contribution in [1.82, 2.24) is 20.0 Å². The zero-order valence-electron chi connectivity index (χ0n) is 15.7. The topological polar surface area (TPSA) is 63.3 Å². The molecule has 1 N–H and O–H groups in total. The van der Waals surface area contributed by atoms with Crippen LogP contribution in [0.4, 0.5) is 0 Å². The Hall–Kier alpha value is -2.86. The highest BCUT2D eigenvalue weighted by atomic mass is 16.3. The minimum absolute atomic E-state index is 0.0331. The van der Waals surface area contributed by atoms with E-state index in [0.29, 0.717) is 6.54 Å². The summed E-state index contributed by atoms with van der Waals surface area (Å²) < 4.78 is 7.80. The fourth-order valence-electron chi connectivity index (χ4n) is 3.49. The third kappa shape index (κ3) is 4.11. The molecule has 3 aromatic rings. The van der Waals surface area contributed by atoms with E-state index < -0.39 is 0 Å². The first-order valence-corrected chi connectivity index (χ1v) is 9.25. The Bertz CT molecular complexity index is 957. The number of hydrogen-bond donors (Lipinski definition) is 1. The molecule has 0 radical (unpaired) electrons. The predicted molar refractivity (Wildman–Crippen MR) is 103 cm³/mol. The standard InChI is InChI=1S/C21H24N4O2/c1-15-6-7-21(27-15)18-5-3-4-17(10-18)13-24-8-9-25-20(14-24)11-19(23-25)12-22-16(2)26/h3-7,10-11H,8-9,12-14H2,1-2H3,(H,22,26). The number of nitrogens with zero attached hydrogens (tertiary/aromatic N) is 3. The van der Waals surface area contributed by atoms with Crippen molar-refractivity contribution in [1.29, 1.82) is 0 Å². The lowest BCUT2D eigenvalue weighted by molar-refractivity contribution is -0.119. The summed E-state index contributed by atoms with van der Waals surface area (Å²) in [6.45, 7) is 7.54. The number of fused-ring (bicyclic) bond motifs is 1. The zero-order chi connectivity index (χ0) is 18.8. The quantitative estimate of drug-likeness (QED) is 0.756. The number of aromatic nitrogens is 2. The van der Waals surface area contributed by atoms with Crippen LogP contribution in [0.3, 0.4) is 0 Å². The van der Waals surface area contributed by atoms with E-state index in [0.717, 1.165) is 49.0 Å². The van der Waals surface area contributed by atoms with Crippen molar-refractivity contribution in [2.45, 2.75) is 40.0 Å². The second-order valence-electron chi connectivity index (χ2n) is 7.08. The van der Waals surface area contributed by atoms with Crippen molar-refractivity contribution in [2.75, 3.05) is 6.54 Å². The van der Waals surface area contributed by atoms with E-state index in [1.54, 1.807) is 0 Å². The van der Waals surface area contributed by atoms with E-state index in [9.17, 15) is 4.79 Å². The molecule has 140 valence electrons. The molecule has 6 heteroatoms. The Morgan fingerprint density at radius 1 is 1.22 bits per heavy atom. The van der Waals surface area contributed by atoms with Crippen LogP contribution in [-0.4, -0.2) is 27.1 Å². The molecule has 0 saturated heterocycles. The molecule has 1 aliphatic heterocycles. The number of furan rings is 1. The summed E-state index contributed by atoms with van der Waals surface area (Å²) in [5.74, 6) is 1.80. The summed E-state index contributed by atoms with van der Waals surface area (Å²) >= 11 is 0. The van der Waals surface area contributed by atoms with Gasteiger partial charge in [-0.1, -0.05) is 18.2 Å². The van der Waals surface area contributed by atoms with Crippen LogP contribution in [0, 0.1) is 6.92 Å².